The summed E-state index contributed by atoms with van der Waals surface area (Å²) in [5, 5.41) is 0. The van der Waals surface area contributed by atoms with Gasteiger partial charge in [0.05, 0.1) is 23.6 Å². The minimum atomic E-state index is -0.347. The van der Waals surface area contributed by atoms with E-state index >= 15 is 0 Å². The number of imidazole rings is 2. The molecule has 0 fully saturated rings. The number of amides is 1. The summed E-state index contributed by atoms with van der Waals surface area (Å²) in [5.74, 6) is -0.685. The molecule has 0 aliphatic rings. The lowest BCUT2D eigenvalue weighted by molar-refractivity contribution is 0.100. The second-order valence-corrected chi connectivity index (χ2v) is 5.17. The van der Waals surface area contributed by atoms with Crippen LogP contribution in [-0.2, 0) is 0 Å². The molecule has 0 aliphatic carbocycles. The van der Waals surface area contributed by atoms with Gasteiger partial charge in [-0.3, -0.25) is 14.8 Å². The van der Waals surface area contributed by atoms with Crippen LogP contribution in [0, 0.1) is 5.82 Å². The third-order valence-corrected chi connectivity index (χ3v) is 3.65. The first-order valence-electron chi connectivity index (χ1n) is 7.24. The third kappa shape index (κ3) is 2.41. The molecule has 2 aromatic heterocycles. The van der Waals surface area contributed by atoms with Gasteiger partial charge in [0.1, 0.15) is 17.8 Å². The number of hydrogen-bond donors (Lipinski definition) is 1. The number of nitrogens with zero attached hydrogens (tertiary/aromatic N) is 4. The zero-order valence-corrected chi connectivity index (χ0v) is 12.4. The van der Waals surface area contributed by atoms with Gasteiger partial charge in [0.2, 0.25) is 0 Å². The van der Waals surface area contributed by atoms with E-state index in [4.69, 9.17) is 0 Å². The number of para-hydroxylation sites is 2. The van der Waals surface area contributed by atoms with Crippen LogP contribution in [0.1, 0.15) is 10.5 Å². The molecule has 0 saturated heterocycles. The summed E-state index contributed by atoms with van der Waals surface area (Å²) in [5.41, 5.74) is 5.32. The Balaban J connectivity index is 1.66. The van der Waals surface area contributed by atoms with Crippen molar-refractivity contribution in [3.8, 4) is 5.69 Å². The van der Waals surface area contributed by atoms with Crippen LogP contribution < -0.4 is 5.43 Å². The monoisotopic (exact) mass is 321 g/mol. The lowest BCUT2D eigenvalue weighted by atomic mass is 10.3. The Bertz CT molecular complexity index is 1020. The second kappa shape index (κ2) is 5.62. The van der Waals surface area contributed by atoms with Gasteiger partial charge in [-0.05, 0) is 36.4 Å². The molecule has 0 radical (unpaired) electrons. The molecule has 2 aromatic carbocycles. The normalized spacial score (nSPS) is 10.9. The van der Waals surface area contributed by atoms with Gasteiger partial charge >= 0.3 is 0 Å². The zero-order valence-electron chi connectivity index (χ0n) is 12.4. The predicted molar refractivity (Wildman–Crippen MR) is 86.9 cm³/mol. The quantitative estimate of drug-likeness (QED) is 0.631. The Kier molecular flexibility index (Phi) is 3.31. The fourth-order valence-electron chi connectivity index (χ4n) is 2.49. The molecule has 6 nitrogen and oxygen atoms in total. The number of halogens is 1. The lowest BCUT2D eigenvalue weighted by Gasteiger charge is -2.10. The molecule has 24 heavy (non-hydrogen) atoms. The summed E-state index contributed by atoms with van der Waals surface area (Å²) >= 11 is 0. The maximum atomic E-state index is 13.1. The SMILES string of the molecule is O=C(Nn1cnc2ccccc21)c1cncn1-c1ccc(F)cc1. The summed E-state index contributed by atoms with van der Waals surface area (Å²) in [4.78, 5) is 20.8. The first-order valence-corrected chi connectivity index (χ1v) is 7.24. The van der Waals surface area contributed by atoms with Crippen LogP contribution >= 0.6 is 0 Å². The molecule has 7 heteroatoms. The standard InChI is InChI=1S/C17H12FN5O/c18-12-5-7-13(8-6-12)22-10-19-9-16(22)17(24)21-23-11-20-14-3-1-2-4-15(14)23/h1-11H,(H,21,24). The van der Waals surface area contributed by atoms with E-state index < -0.39 is 0 Å². The molecule has 4 rings (SSSR count). The van der Waals surface area contributed by atoms with Gasteiger partial charge in [0.25, 0.3) is 5.91 Å². The minimum absolute atomic E-state index is 0.333. The largest absolute Gasteiger partial charge is 0.295 e. The molecule has 1 N–H and O–H groups in total. The summed E-state index contributed by atoms with van der Waals surface area (Å²) < 4.78 is 16.2. The van der Waals surface area contributed by atoms with Crippen molar-refractivity contribution in [2.45, 2.75) is 0 Å². The number of carbonyl (C=O) groups is 1. The summed E-state index contributed by atoms with van der Waals surface area (Å²) in [7, 11) is 0. The summed E-state index contributed by atoms with van der Waals surface area (Å²) in [6.07, 6.45) is 4.51. The number of rotatable bonds is 3. The smallest absolute Gasteiger partial charge is 0.288 e. The van der Waals surface area contributed by atoms with E-state index in [2.05, 4.69) is 15.4 Å². The lowest BCUT2D eigenvalue weighted by Crippen LogP contribution is -2.24. The van der Waals surface area contributed by atoms with E-state index in [0.29, 0.717) is 11.4 Å². The van der Waals surface area contributed by atoms with E-state index in [1.54, 1.807) is 27.7 Å². The van der Waals surface area contributed by atoms with Crippen LogP contribution in [0.5, 0.6) is 0 Å². The topological polar surface area (TPSA) is 64.7 Å². The molecule has 2 heterocycles. The Labute approximate surface area is 136 Å². The Morgan fingerprint density at radius 2 is 1.83 bits per heavy atom. The van der Waals surface area contributed by atoms with Crippen molar-refractivity contribution in [1.82, 2.24) is 19.2 Å². The van der Waals surface area contributed by atoms with Gasteiger partial charge in [-0.25, -0.2) is 19.0 Å². The van der Waals surface area contributed by atoms with Gasteiger partial charge in [0, 0.05) is 5.69 Å². The number of fused-ring (bicyclic) bond motifs is 1. The molecule has 0 unspecified atom stereocenters. The fraction of sp³-hybridized carbons (Fsp3) is 0. The highest BCUT2D eigenvalue weighted by Crippen LogP contribution is 2.14. The van der Waals surface area contributed by atoms with Crippen LogP contribution in [-0.4, -0.2) is 25.1 Å². The Morgan fingerprint density at radius 3 is 2.67 bits per heavy atom. The van der Waals surface area contributed by atoms with Gasteiger partial charge in [-0.2, -0.15) is 0 Å². The van der Waals surface area contributed by atoms with Crippen molar-refractivity contribution in [2.24, 2.45) is 0 Å². The van der Waals surface area contributed by atoms with E-state index in [-0.39, 0.29) is 11.7 Å². The van der Waals surface area contributed by atoms with E-state index in [0.717, 1.165) is 11.0 Å². The molecule has 4 aromatic rings. The van der Waals surface area contributed by atoms with Crippen LogP contribution in [0.25, 0.3) is 16.7 Å². The zero-order chi connectivity index (χ0) is 16.5. The highest BCUT2D eigenvalue weighted by Gasteiger charge is 2.14. The van der Waals surface area contributed by atoms with E-state index in [1.165, 1.54) is 24.7 Å². The van der Waals surface area contributed by atoms with Crippen molar-refractivity contribution in [3.05, 3.63) is 78.9 Å². The molecule has 0 saturated carbocycles. The number of aromatic nitrogens is 4. The van der Waals surface area contributed by atoms with Crippen molar-refractivity contribution in [3.63, 3.8) is 0 Å². The first-order chi connectivity index (χ1) is 11.7. The number of benzene rings is 2. The average Bonchev–Trinajstić information content (AvgIpc) is 3.23. The van der Waals surface area contributed by atoms with Gasteiger partial charge in [0.15, 0.2) is 0 Å². The highest BCUT2D eigenvalue weighted by molar-refractivity contribution is 5.99. The van der Waals surface area contributed by atoms with Crippen molar-refractivity contribution in [1.29, 1.82) is 0 Å². The number of hydrogen-bond acceptors (Lipinski definition) is 3. The predicted octanol–water partition coefficient (Wildman–Crippen LogP) is 2.75. The number of nitrogens with one attached hydrogen (secondary N) is 1. The van der Waals surface area contributed by atoms with Crippen LogP contribution in [0.3, 0.4) is 0 Å². The van der Waals surface area contributed by atoms with Gasteiger partial charge < -0.3 is 0 Å². The molecular weight excluding hydrogens is 309 g/mol. The highest BCUT2D eigenvalue weighted by atomic mass is 19.1. The molecule has 118 valence electrons. The van der Waals surface area contributed by atoms with Crippen LogP contribution in [0.15, 0.2) is 67.4 Å². The van der Waals surface area contributed by atoms with E-state index in [1.807, 2.05) is 24.3 Å². The van der Waals surface area contributed by atoms with E-state index in [9.17, 15) is 9.18 Å². The van der Waals surface area contributed by atoms with Gasteiger partial charge in [-0.1, -0.05) is 12.1 Å². The molecule has 0 bridgehead atoms. The maximum absolute atomic E-state index is 13.1. The van der Waals surface area contributed by atoms with Crippen LogP contribution in [0.4, 0.5) is 4.39 Å². The summed E-state index contributed by atoms with van der Waals surface area (Å²) in [6, 6.07) is 13.3. The second-order valence-electron chi connectivity index (χ2n) is 5.17. The Morgan fingerprint density at radius 1 is 1.04 bits per heavy atom. The maximum Gasteiger partial charge on any atom is 0.288 e. The van der Waals surface area contributed by atoms with Crippen molar-refractivity contribution < 1.29 is 9.18 Å². The summed E-state index contributed by atoms with van der Waals surface area (Å²) in [6.45, 7) is 0. The molecule has 0 spiro atoms. The van der Waals surface area contributed by atoms with Crippen LogP contribution in [0.2, 0.25) is 0 Å². The average molecular weight is 321 g/mol. The number of carbonyl (C=O) groups excluding carboxylic acids is 1. The third-order valence-electron chi connectivity index (χ3n) is 3.65. The fourth-order valence-corrected chi connectivity index (χ4v) is 2.49. The molecule has 0 aliphatic heterocycles. The van der Waals surface area contributed by atoms with Gasteiger partial charge in [-0.15, -0.1) is 0 Å². The molecule has 0 atom stereocenters. The van der Waals surface area contributed by atoms with Crippen molar-refractivity contribution >= 4 is 16.9 Å². The molecular formula is C17H12FN5O. The first kappa shape index (κ1) is 14.1. The van der Waals surface area contributed by atoms with Crippen molar-refractivity contribution in [2.75, 3.05) is 5.43 Å². The molecule has 1 amide bonds. The minimum Gasteiger partial charge on any atom is -0.295 e. The Hall–Kier alpha value is -3.48.